The Kier molecular flexibility index (Phi) is 3.19. The maximum Gasteiger partial charge on any atom is 0.120 e. The Labute approximate surface area is 109 Å². The average molecular weight is 290 g/mol. The Balaban J connectivity index is 2.48. The maximum atomic E-state index is 9.53. The highest BCUT2D eigenvalue weighted by atomic mass is 79.9. The SMILES string of the molecule is CC(C)(O)C#Cc1ccc2c(Br)cccc2n1. The van der Waals surface area contributed by atoms with E-state index in [2.05, 4.69) is 32.8 Å². The molecule has 0 spiro atoms. The van der Waals surface area contributed by atoms with Crippen LogP contribution < -0.4 is 0 Å². The number of hydrogen-bond donors (Lipinski definition) is 1. The molecule has 17 heavy (non-hydrogen) atoms. The predicted molar refractivity (Wildman–Crippen MR) is 72.6 cm³/mol. The van der Waals surface area contributed by atoms with Gasteiger partial charge in [-0.2, -0.15) is 0 Å². The van der Waals surface area contributed by atoms with Crippen molar-refractivity contribution in [1.29, 1.82) is 0 Å². The number of pyridine rings is 1. The van der Waals surface area contributed by atoms with Crippen LogP contribution in [0.4, 0.5) is 0 Å². The number of rotatable bonds is 0. The number of halogens is 1. The Morgan fingerprint density at radius 3 is 2.71 bits per heavy atom. The molecule has 1 aromatic carbocycles. The third kappa shape index (κ3) is 3.06. The van der Waals surface area contributed by atoms with Crippen molar-refractivity contribution in [2.45, 2.75) is 19.4 Å². The summed E-state index contributed by atoms with van der Waals surface area (Å²) >= 11 is 3.48. The summed E-state index contributed by atoms with van der Waals surface area (Å²) in [4.78, 5) is 4.42. The maximum absolute atomic E-state index is 9.53. The number of benzene rings is 1. The van der Waals surface area contributed by atoms with Crippen LogP contribution in [-0.2, 0) is 0 Å². The van der Waals surface area contributed by atoms with Gasteiger partial charge in [0.2, 0.25) is 0 Å². The van der Waals surface area contributed by atoms with Crippen LogP contribution in [0.5, 0.6) is 0 Å². The summed E-state index contributed by atoms with van der Waals surface area (Å²) in [6, 6.07) is 9.68. The van der Waals surface area contributed by atoms with Crippen LogP contribution in [0.3, 0.4) is 0 Å². The van der Waals surface area contributed by atoms with Gasteiger partial charge in [-0.25, -0.2) is 4.98 Å². The monoisotopic (exact) mass is 289 g/mol. The molecule has 0 bridgehead atoms. The Bertz CT molecular complexity index is 617. The standard InChI is InChI=1S/C14H12BrNO/c1-14(2,17)9-8-10-6-7-11-12(15)4-3-5-13(11)16-10/h3-7,17H,1-2H3. The third-order valence-electron chi connectivity index (χ3n) is 2.18. The lowest BCUT2D eigenvalue weighted by atomic mass is 10.1. The van der Waals surface area contributed by atoms with Gasteiger partial charge in [0.05, 0.1) is 5.52 Å². The first-order chi connectivity index (χ1) is 7.96. The first-order valence-electron chi connectivity index (χ1n) is 5.26. The molecule has 0 aliphatic rings. The van der Waals surface area contributed by atoms with E-state index in [0.29, 0.717) is 5.69 Å². The van der Waals surface area contributed by atoms with Gasteiger partial charge < -0.3 is 5.11 Å². The van der Waals surface area contributed by atoms with Crippen LogP contribution in [-0.4, -0.2) is 15.7 Å². The first-order valence-corrected chi connectivity index (χ1v) is 6.06. The largest absolute Gasteiger partial charge is 0.378 e. The van der Waals surface area contributed by atoms with Crippen LogP contribution in [0.15, 0.2) is 34.8 Å². The number of aromatic nitrogens is 1. The van der Waals surface area contributed by atoms with Crippen LogP contribution in [0.1, 0.15) is 19.5 Å². The fraction of sp³-hybridized carbons (Fsp3) is 0.214. The molecule has 0 saturated carbocycles. The molecule has 86 valence electrons. The van der Waals surface area contributed by atoms with Crippen molar-refractivity contribution in [3.8, 4) is 11.8 Å². The zero-order valence-electron chi connectivity index (χ0n) is 9.66. The van der Waals surface area contributed by atoms with Gasteiger partial charge in [0.25, 0.3) is 0 Å². The number of hydrogen-bond acceptors (Lipinski definition) is 2. The van der Waals surface area contributed by atoms with Gasteiger partial charge in [-0.05, 0) is 44.0 Å². The summed E-state index contributed by atoms with van der Waals surface area (Å²) < 4.78 is 1.02. The second-order valence-electron chi connectivity index (χ2n) is 4.31. The number of fused-ring (bicyclic) bond motifs is 1. The van der Waals surface area contributed by atoms with E-state index in [1.165, 1.54) is 0 Å². The van der Waals surface area contributed by atoms with Crippen LogP contribution in [0.25, 0.3) is 10.9 Å². The van der Waals surface area contributed by atoms with Crippen molar-refractivity contribution in [2.24, 2.45) is 0 Å². The minimum atomic E-state index is -0.992. The topological polar surface area (TPSA) is 33.1 Å². The van der Waals surface area contributed by atoms with E-state index in [1.807, 2.05) is 30.3 Å². The Morgan fingerprint density at radius 1 is 1.24 bits per heavy atom. The number of nitrogens with zero attached hydrogens (tertiary/aromatic N) is 1. The van der Waals surface area contributed by atoms with Gasteiger partial charge in [0.15, 0.2) is 0 Å². The Morgan fingerprint density at radius 2 is 2.00 bits per heavy atom. The summed E-state index contributed by atoms with van der Waals surface area (Å²) in [6.45, 7) is 3.30. The third-order valence-corrected chi connectivity index (χ3v) is 2.87. The van der Waals surface area contributed by atoms with Gasteiger partial charge in [0.1, 0.15) is 11.3 Å². The molecule has 2 aromatic rings. The minimum absolute atomic E-state index is 0.665. The first kappa shape index (κ1) is 12.1. The van der Waals surface area contributed by atoms with Gasteiger partial charge in [0, 0.05) is 9.86 Å². The van der Waals surface area contributed by atoms with Gasteiger partial charge in [-0.15, -0.1) is 0 Å². The van der Waals surface area contributed by atoms with Crippen molar-refractivity contribution >= 4 is 26.8 Å². The lowest BCUT2D eigenvalue weighted by Gasteiger charge is -2.06. The summed E-state index contributed by atoms with van der Waals surface area (Å²) in [5.41, 5.74) is 0.563. The molecule has 2 nitrogen and oxygen atoms in total. The molecule has 0 unspecified atom stereocenters. The van der Waals surface area contributed by atoms with E-state index in [-0.39, 0.29) is 0 Å². The number of aliphatic hydroxyl groups is 1. The smallest absolute Gasteiger partial charge is 0.120 e. The average Bonchev–Trinajstić information content (AvgIpc) is 2.26. The molecule has 3 heteroatoms. The fourth-order valence-electron chi connectivity index (χ4n) is 1.40. The van der Waals surface area contributed by atoms with Gasteiger partial charge in [-0.3, -0.25) is 0 Å². The fourth-order valence-corrected chi connectivity index (χ4v) is 1.89. The van der Waals surface area contributed by atoms with Crippen LogP contribution in [0.2, 0.25) is 0 Å². The highest BCUT2D eigenvalue weighted by Gasteiger charge is 2.06. The van der Waals surface area contributed by atoms with Crippen molar-refractivity contribution in [3.63, 3.8) is 0 Å². The van der Waals surface area contributed by atoms with Crippen LogP contribution in [0, 0.1) is 11.8 Å². The molecule has 0 amide bonds. The highest BCUT2D eigenvalue weighted by molar-refractivity contribution is 9.10. The zero-order chi connectivity index (χ0) is 12.5. The van der Waals surface area contributed by atoms with Crippen LogP contribution >= 0.6 is 15.9 Å². The van der Waals surface area contributed by atoms with Crippen molar-refractivity contribution < 1.29 is 5.11 Å². The predicted octanol–water partition coefficient (Wildman–Crippen LogP) is 3.12. The summed E-state index contributed by atoms with van der Waals surface area (Å²) in [5.74, 6) is 5.62. The van der Waals surface area contributed by atoms with Crippen molar-refractivity contribution in [1.82, 2.24) is 4.98 Å². The molecule has 0 radical (unpaired) electrons. The Hall–Kier alpha value is -1.37. The quantitative estimate of drug-likeness (QED) is 0.756. The van der Waals surface area contributed by atoms with E-state index in [0.717, 1.165) is 15.4 Å². The van der Waals surface area contributed by atoms with Gasteiger partial charge >= 0.3 is 0 Å². The molecule has 0 saturated heterocycles. The molecule has 0 aliphatic heterocycles. The molecule has 2 rings (SSSR count). The van der Waals surface area contributed by atoms with Gasteiger partial charge in [-0.1, -0.05) is 27.9 Å². The summed E-state index contributed by atoms with van der Waals surface area (Å²) in [6.07, 6.45) is 0. The second-order valence-corrected chi connectivity index (χ2v) is 5.17. The summed E-state index contributed by atoms with van der Waals surface area (Å²) in [5, 5.41) is 10.6. The summed E-state index contributed by atoms with van der Waals surface area (Å²) in [7, 11) is 0. The lowest BCUT2D eigenvalue weighted by molar-refractivity contribution is 0.143. The van der Waals surface area contributed by atoms with E-state index < -0.39 is 5.60 Å². The van der Waals surface area contributed by atoms with Crippen molar-refractivity contribution in [2.75, 3.05) is 0 Å². The molecule has 1 N–H and O–H groups in total. The molecule has 1 heterocycles. The molecular formula is C14H12BrNO. The molecular weight excluding hydrogens is 278 g/mol. The van der Waals surface area contributed by atoms with Crippen molar-refractivity contribution in [3.05, 3.63) is 40.5 Å². The molecule has 0 atom stereocenters. The zero-order valence-corrected chi connectivity index (χ0v) is 11.2. The minimum Gasteiger partial charge on any atom is -0.378 e. The second kappa shape index (κ2) is 4.48. The van der Waals surface area contributed by atoms with E-state index in [4.69, 9.17) is 0 Å². The highest BCUT2D eigenvalue weighted by Crippen LogP contribution is 2.22. The van der Waals surface area contributed by atoms with E-state index in [1.54, 1.807) is 13.8 Å². The van der Waals surface area contributed by atoms with E-state index in [9.17, 15) is 5.11 Å². The van der Waals surface area contributed by atoms with E-state index >= 15 is 0 Å². The molecule has 0 fully saturated rings. The molecule has 1 aromatic heterocycles. The lowest BCUT2D eigenvalue weighted by Crippen LogP contribution is -2.14. The normalized spacial score (nSPS) is 11.1. The molecule has 0 aliphatic carbocycles.